The van der Waals surface area contributed by atoms with Crippen molar-refractivity contribution in [3.63, 3.8) is 0 Å². The number of nitrogens with two attached hydrogens (primary N) is 1. The number of nitrogens with one attached hydrogen (secondary N) is 1. The maximum Gasteiger partial charge on any atom is 0.340 e. The Hall–Kier alpha value is -1.62. The number of rotatable bonds is 3. The van der Waals surface area contributed by atoms with Crippen LogP contribution >= 0.6 is 0 Å². The van der Waals surface area contributed by atoms with E-state index < -0.39 is 11.8 Å². The van der Waals surface area contributed by atoms with Crippen LogP contribution in [0, 0.1) is 5.82 Å². The Labute approximate surface area is 105 Å². The molecule has 2 unspecified atom stereocenters. The zero-order chi connectivity index (χ0) is 13.1. The van der Waals surface area contributed by atoms with Gasteiger partial charge in [-0.15, -0.1) is 0 Å². The molecule has 0 amide bonds. The lowest BCUT2D eigenvalue weighted by atomic mass is 10.1. The van der Waals surface area contributed by atoms with Gasteiger partial charge in [-0.25, -0.2) is 9.18 Å². The van der Waals surface area contributed by atoms with Crippen LogP contribution in [0.15, 0.2) is 18.2 Å². The average molecular weight is 252 g/mol. The number of ether oxygens (including phenoxy) is 1. The summed E-state index contributed by atoms with van der Waals surface area (Å²) in [7, 11) is 1.23. The molecule has 1 fully saturated rings. The normalized spacial score (nSPS) is 22.8. The molecule has 4 nitrogen and oxygen atoms in total. The number of anilines is 1. The number of carbonyl (C=O) groups excluding carboxylic acids is 1. The molecule has 2 rings (SSSR count). The molecule has 1 aliphatic carbocycles. The molecule has 2 atom stereocenters. The first-order chi connectivity index (χ1) is 8.60. The van der Waals surface area contributed by atoms with Gasteiger partial charge in [-0.3, -0.25) is 0 Å². The van der Waals surface area contributed by atoms with Crippen molar-refractivity contribution in [1.82, 2.24) is 0 Å². The summed E-state index contributed by atoms with van der Waals surface area (Å²) >= 11 is 0. The number of methoxy groups -OCH3 is 1. The van der Waals surface area contributed by atoms with Crippen molar-refractivity contribution in [3.8, 4) is 0 Å². The Morgan fingerprint density at radius 3 is 2.89 bits per heavy atom. The number of carbonyl (C=O) groups is 1. The van der Waals surface area contributed by atoms with Gasteiger partial charge in [0.25, 0.3) is 0 Å². The first-order valence-corrected chi connectivity index (χ1v) is 6.00. The van der Waals surface area contributed by atoms with E-state index in [1.807, 2.05) is 0 Å². The molecular formula is C13H17FN2O2. The second kappa shape index (κ2) is 5.35. The topological polar surface area (TPSA) is 64.3 Å². The number of hydrogen-bond acceptors (Lipinski definition) is 4. The minimum absolute atomic E-state index is 0.0511. The summed E-state index contributed by atoms with van der Waals surface area (Å²) in [6.45, 7) is 0. The van der Waals surface area contributed by atoms with Crippen molar-refractivity contribution < 1.29 is 13.9 Å². The molecule has 5 heteroatoms. The Morgan fingerprint density at radius 2 is 2.28 bits per heavy atom. The number of benzene rings is 1. The third-order valence-corrected chi connectivity index (χ3v) is 3.22. The first-order valence-electron chi connectivity index (χ1n) is 6.00. The van der Waals surface area contributed by atoms with Crippen LogP contribution in [0.4, 0.5) is 10.1 Å². The Morgan fingerprint density at radius 1 is 1.50 bits per heavy atom. The van der Waals surface area contributed by atoms with Crippen molar-refractivity contribution in [2.45, 2.75) is 31.3 Å². The third kappa shape index (κ3) is 2.79. The Kier molecular flexibility index (Phi) is 3.81. The lowest BCUT2D eigenvalue weighted by Gasteiger charge is -2.14. The summed E-state index contributed by atoms with van der Waals surface area (Å²) in [5.41, 5.74) is 6.50. The lowest BCUT2D eigenvalue weighted by Crippen LogP contribution is -2.21. The van der Waals surface area contributed by atoms with Crippen molar-refractivity contribution in [2.24, 2.45) is 5.73 Å². The summed E-state index contributed by atoms with van der Waals surface area (Å²) in [6, 6.07) is 4.87. The van der Waals surface area contributed by atoms with Gasteiger partial charge in [0.2, 0.25) is 0 Å². The molecule has 0 bridgehead atoms. The molecule has 1 aromatic carbocycles. The molecule has 0 aromatic heterocycles. The summed E-state index contributed by atoms with van der Waals surface area (Å²) in [6.07, 6.45) is 2.87. The summed E-state index contributed by atoms with van der Waals surface area (Å²) in [5.74, 6) is -1.24. The summed E-state index contributed by atoms with van der Waals surface area (Å²) in [4.78, 5) is 11.4. The van der Waals surface area contributed by atoms with Gasteiger partial charge >= 0.3 is 5.97 Å². The molecular weight excluding hydrogens is 235 g/mol. The maximum absolute atomic E-state index is 13.4. The molecule has 0 saturated heterocycles. The number of halogens is 1. The van der Waals surface area contributed by atoms with Crippen molar-refractivity contribution >= 4 is 11.7 Å². The van der Waals surface area contributed by atoms with Crippen LogP contribution < -0.4 is 11.1 Å². The highest BCUT2D eigenvalue weighted by Crippen LogP contribution is 2.23. The molecule has 0 heterocycles. The van der Waals surface area contributed by atoms with Crippen LogP contribution in [0.5, 0.6) is 0 Å². The molecule has 98 valence electrons. The van der Waals surface area contributed by atoms with Gasteiger partial charge in [-0.2, -0.15) is 0 Å². The van der Waals surface area contributed by atoms with Crippen molar-refractivity contribution in [1.29, 1.82) is 0 Å². The van der Waals surface area contributed by atoms with E-state index in [9.17, 15) is 9.18 Å². The van der Waals surface area contributed by atoms with Gasteiger partial charge in [0, 0.05) is 17.8 Å². The van der Waals surface area contributed by atoms with E-state index in [4.69, 9.17) is 5.73 Å². The van der Waals surface area contributed by atoms with Gasteiger partial charge in [0.05, 0.1) is 12.7 Å². The van der Waals surface area contributed by atoms with E-state index in [-0.39, 0.29) is 17.6 Å². The maximum atomic E-state index is 13.4. The minimum atomic E-state index is -0.667. The molecule has 1 aliphatic rings. The van der Waals surface area contributed by atoms with Gasteiger partial charge in [-0.1, -0.05) is 0 Å². The third-order valence-electron chi connectivity index (χ3n) is 3.22. The molecule has 0 spiro atoms. The number of esters is 1. The van der Waals surface area contributed by atoms with E-state index >= 15 is 0 Å². The van der Waals surface area contributed by atoms with Crippen molar-refractivity contribution in [2.75, 3.05) is 12.4 Å². The highest BCUT2D eigenvalue weighted by Gasteiger charge is 2.22. The first kappa shape index (κ1) is 12.8. The average Bonchev–Trinajstić information content (AvgIpc) is 2.76. The van der Waals surface area contributed by atoms with Crippen LogP contribution in [0.2, 0.25) is 0 Å². The van der Waals surface area contributed by atoms with Gasteiger partial charge in [0.1, 0.15) is 5.82 Å². The largest absolute Gasteiger partial charge is 0.465 e. The van der Waals surface area contributed by atoms with Gasteiger partial charge in [0.15, 0.2) is 0 Å². The quantitative estimate of drug-likeness (QED) is 0.806. The van der Waals surface area contributed by atoms with Crippen molar-refractivity contribution in [3.05, 3.63) is 29.6 Å². The standard InChI is InChI=1S/C13H17FN2O2/c1-18-13(17)11-7-10(4-5-12(11)14)16-9-3-2-8(15)6-9/h4-5,7-9,16H,2-3,6,15H2,1H3. The highest BCUT2D eigenvalue weighted by atomic mass is 19.1. The predicted molar refractivity (Wildman–Crippen MR) is 67.0 cm³/mol. The summed E-state index contributed by atoms with van der Waals surface area (Å²) in [5, 5.41) is 3.26. The molecule has 1 saturated carbocycles. The van der Waals surface area contributed by atoms with Gasteiger partial charge in [-0.05, 0) is 37.5 Å². The minimum Gasteiger partial charge on any atom is -0.465 e. The highest BCUT2D eigenvalue weighted by molar-refractivity contribution is 5.90. The molecule has 18 heavy (non-hydrogen) atoms. The monoisotopic (exact) mass is 252 g/mol. The predicted octanol–water partition coefficient (Wildman–Crippen LogP) is 1.90. The van der Waals surface area contributed by atoms with E-state index in [0.717, 1.165) is 24.9 Å². The fourth-order valence-electron chi connectivity index (χ4n) is 2.26. The SMILES string of the molecule is COC(=O)c1cc(NC2CCC(N)C2)ccc1F. The van der Waals surface area contributed by atoms with Gasteiger partial charge < -0.3 is 15.8 Å². The zero-order valence-electron chi connectivity index (χ0n) is 10.3. The Balaban J connectivity index is 2.12. The molecule has 1 aromatic rings. The Bertz CT molecular complexity index is 451. The van der Waals surface area contributed by atoms with Crippen LogP contribution in [-0.2, 0) is 4.74 Å². The van der Waals surface area contributed by atoms with E-state index in [1.165, 1.54) is 19.2 Å². The molecule has 0 aliphatic heterocycles. The second-order valence-corrected chi connectivity index (χ2v) is 4.60. The van der Waals surface area contributed by atoms with Crippen LogP contribution in [0.25, 0.3) is 0 Å². The second-order valence-electron chi connectivity index (χ2n) is 4.60. The van der Waals surface area contributed by atoms with E-state index in [0.29, 0.717) is 0 Å². The van der Waals surface area contributed by atoms with E-state index in [2.05, 4.69) is 10.1 Å². The number of hydrogen-bond donors (Lipinski definition) is 2. The fourth-order valence-corrected chi connectivity index (χ4v) is 2.26. The van der Waals surface area contributed by atoms with Crippen LogP contribution in [0.3, 0.4) is 0 Å². The smallest absolute Gasteiger partial charge is 0.340 e. The lowest BCUT2D eigenvalue weighted by molar-refractivity contribution is 0.0595. The zero-order valence-corrected chi connectivity index (χ0v) is 10.3. The molecule has 3 N–H and O–H groups in total. The van der Waals surface area contributed by atoms with Crippen LogP contribution in [-0.4, -0.2) is 25.2 Å². The molecule has 0 radical (unpaired) electrons. The summed E-state index contributed by atoms with van der Waals surface area (Å²) < 4.78 is 18.0. The fraction of sp³-hybridized carbons (Fsp3) is 0.462. The van der Waals surface area contributed by atoms with E-state index in [1.54, 1.807) is 6.07 Å². The van der Waals surface area contributed by atoms with Crippen LogP contribution in [0.1, 0.15) is 29.6 Å².